The molecule has 3 N–H and O–H groups in total. The molecule has 0 aliphatic carbocycles. The molecule has 27 heavy (non-hydrogen) atoms. The van der Waals surface area contributed by atoms with Crippen molar-refractivity contribution in [2.75, 3.05) is 40.3 Å². The van der Waals surface area contributed by atoms with Crippen molar-refractivity contribution >= 4 is 35.8 Å². The van der Waals surface area contributed by atoms with Gasteiger partial charge in [0.15, 0.2) is 5.96 Å². The molecule has 1 amide bonds. The van der Waals surface area contributed by atoms with Crippen LogP contribution in [0.15, 0.2) is 29.3 Å². The summed E-state index contributed by atoms with van der Waals surface area (Å²) in [7, 11) is 3.46. The minimum atomic E-state index is -0.0507. The highest BCUT2D eigenvalue weighted by atomic mass is 127. The lowest BCUT2D eigenvalue weighted by Crippen LogP contribution is -2.49. The van der Waals surface area contributed by atoms with Crippen molar-refractivity contribution in [1.29, 1.82) is 0 Å². The fraction of sp³-hybridized carbons (Fsp3) is 0.600. The summed E-state index contributed by atoms with van der Waals surface area (Å²) in [5.41, 5.74) is 1.84. The maximum atomic E-state index is 11.7. The van der Waals surface area contributed by atoms with Gasteiger partial charge in [-0.15, -0.1) is 24.0 Å². The number of likely N-dealkylation sites (tertiary alicyclic amines) is 1. The fourth-order valence-corrected chi connectivity index (χ4v) is 3.48. The van der Waals surface area contributed by atoms with Gasteiger partial charge in [0.1, 0.15) is 0 Å². The lowest BCUT2D eigenvalue weighted by Gasteiger charge is -2.35. The number of hydrogen-bond donors (Lipinski definition) is 3. The highest BCUT2D eigenvalue weighted by molar-refractivity contribution is 14.0. The highest BCUT2D eigenvalue weighted by Crippen LogP contribution is 2.15. The molecule has 1 aliphatic rings. The molecule has 6 nitrogen and oxygen atoms in total. The Kier molecular flexibility index (Phi) is 11.3. The average molecular weight is 487 g/mol. The van der Waals surface area contributed by atoms with E-state index >= 15 is 0 Å². The number of guanidine groups is 1. The summed E-state index contributed by atoms with van der Waals surface area (Å²) in [6.07, 6.45) is 4.73. The monoisotopic (exact) mass is 487 g/mol. The van der Waals surface area contributed by atoms with Gasteiger partial charge in [0, 0.05) is 38.8 Å². The summed E-state index contributed by atoms with van der Waals surface area (Å²) < 4.78 is 0. The second kappa shape index (κ2) is 12.9. The number of carbonyl (C=O) groups is 1. The number of likely N-dealkylation sites (N-methyl/N-ethyl adjacent to an activating group) is 1. The molecule has 1 fully saturated rings. The van der Waals surface area contributed by atoms with Gasteiger partial charge in [-0.3, -0.25) is 14.7 Å². The smallest absolute Gasteiger partial charge is 0.251 e. The number of nitrogens with zero attached hydrogens (tertiary/aromatic N) is 2. The Morgan fingerprint density at radius 3 is 2.81 bits per heavy atom. The van der Waals surface area contributed by atoms with Crippen LogP contribution in [0, 0.1) is 0 Å². The Labute approximate surface area is 180 Å². The van der Waals surface area contributed by atoms with E-state index in [-0.39, 0.29) is 29.9 Å². The normalized spacial score (nSPS) is 17.7. The molecule has 0 aromatic heterocycles. The first-order valence-electron chi connectivity index (χ1n) is 9.67. The second-order valence-corrected chi connectivity index (χ2v) is 6.69. The number of nitrogens with one attached hydrogen (secondary N) is 3. The summed E-state index contributed by atoms with van der Waals surface area (Å²) in [6, 6.07) is 8.34. The van der Waals surface area contributed by atoms with Gasteiger partial charge >= 0.3 is 0 Å². The molecule has 0 saturated carbocycles. The molecule has 7 heteroatoms. The number of aliphatic imine (C=N–C) groups is 1. The van der Waals surface area contributed by atoms with Crippen LogP contribution in [0.25, 0.3) is 0 Å². The van der Waals surface area contributed by atoms with Gasteiger partial charge in [0.2, 0.25) is 0 Å². The van der Waals surface area contributed by atoms with Crippen LogP contribution >= 0.6 is 24.0 Å². The van der Waals surface area contributed by atoms with Crippen molar-refractivity contribution in [1.82, 2.24) is 20.9 Å². The number of rotatable bonds is 7. The van der Waals surface area contributed by atoms with Crippen LogP contribution in [-0.4, -0.2) is 63.1 Å². The average Bonchev–Trinajstić information content (AvgIpc) is 2.70. The van der Waals surface area contributed by atoms with Gasteiger partial charge in [-0.1, -0.05) is 25.5 Å². The maximum Gasteiger partial charge on any atom is 0.251 e. The molecule has 0 bridgehead atoms. The Balaban J connectivity index is 0.00000364. The van der Waals surface area contributed by atoms with Gasteiger partial charge in [0.25, 0.3) is 5.91 Å². The minimum Gasteiger partial charge on any atom is -0.356 e. The standard InChI is InChI=1S/C20H33N5O.HI/c1-4-25-13-6-5-10-18(25)15-24-20(22-3)23-12-11-16-8-7-9-17(14-16)19(26)21-2;/h7-9,14,18H,4-6,10-13,15H2,1-3H3,(H,21,26)(H2,22,23,24);1H. The Morgan fingerprint density at radius 1 is 1.30 bits per heavy atom. The molecule has 1 saturated heterocycles. The van der Waals surface area contributed by atoms with Crippen LogP contribution in [0.3, 0.4) is 0 Å². The minimum absolute atomic E-state index is 0. The van der Waals surface area contributed by atoms with Crippen molar-refractivity contribution in [3.8, 4) is 0 Å². The predicted octanol–water partition coefficient (Wildman–Crippen LogP) is 2.25. The van der Waals surface area contributed by atoms with Gasteiger partial charge in [-0.25, -0.2) is 0 Å². The largest absolute Gasteiger partial charge is 0.356 e. The molecule has 1 unspecified atom stereocenters. The number of carbonyl (C=O) groups excluding carboxylic acids is 1. The first-order valence-corrected chi connectivity index (χ1v) is 9.67. The molecule has 0 spiro atoms. The van der Waals surface area contributed by atoms with Crippen LogP contribution in [-0.2, 0) is 6.42 Å². The summed E-state index contributed by atoms with van der Waals surface area (Å²) in [5.74, 6) is 0.791. The lowest BCUT2D eigenvalue weighted by atomic mass is 10.0. The SMILES string of the molecule is CCN1CCCCC1CNC(=NC)NCCc1cccc(C(=O)NC)c1.I. The van der Waals surface area contributed by atoms with Crippen LogP contribution in [0.5, 0.6) is 0 Å². The number of benzene rings is 1. The molecular weight excluding hydrogens is 453 g/mol. The quantitative estimate of drug-likeness (QED) is 0.314. The van der Waals surface area contributed by atoms with E-state index in [9.17, 15) is 4.79 Å². The molecule has 2 rings (SSSR count). The molecule has 152 valence electrons. The molecule has 1 aromatic carbocycles. The van der Waals surface area contributed by atoms with Crippen LogP contribution in [0.2, 0.25) is 0 Å². The molecule has 1 atom stereocenters. The van der Waals surface area contributed by atoms with Gasteiger partial charge in [-0.05, 0) is 50.0 Å². The third kappa shape index (κ3) is 7.65. The summed E-state index contributed by atoms with van der Waals surface area (Å²) in [4.78, 5) is 18.6. The van der Waals surface area contributed by atoms with Crippen molar-refractivity contribution in [3.63, 3.8) is 0 Å². The summed E-state index contributed by atoms with van der Waals surface area (Å²) in [5, 5.41) is 9.49. The fourth-order valence-electron chi connectivity index (χ4n) is 3.48. The number of hydrogen-bond acceptors (Lipinski definition) is 3. The molecule has 1 heterocycles. The Bertz CT molecular complexity index is 608. The first-order chi connectivity index (χ1) is 12.7. The molecule has 0 radical (unpaired) electrons. The highest BCUT2D eigenvalue weighted by Gasteiger charge is 2.20. The third-order valence-electron chi connectivity index (χ3n) is 5.01. The van der Waals surface area contributed by atoms with E-state index in [1.54, 1.807) is 14.1 Å². The molecule has 1 aliphatic heterocycles. The van der Waals surface area contributed by atoms with E-state index < -0.39 is 0 Å². The van der Waals surface area contributed by atoms with Gasteiger partial charge < -0.3 is 16.0 Å². The zero-order valence-corrected chi connectivity index (χ0v) is 19.1. The summed E-state index contributed by atoms with van der Waals surface area (Å²) in [6.45, 7) is 6.26. The zero-order chi connectivity index (χ0) is 18.8. The van der Waals surface area contributed by atoms with Gasteiger partial charge in [0.05, 0.1) is 0 Å². The number of halogens is 1. The van der Waals surface area contributed by atoms with Crippen molar-refractivity contribution in [3.05, 3.63) is 35.4 Å². The second-order valence-electron chi connectivity index (χ2n) is 6.69. The maximum absolute atomic E-state index is 11.7. The van der Waals surface area contributed by atoms with E-state index in [0.717, 1.165) is 37.6 Å². The van der Waals surface area contributed by atoms with Crippen LogP contribution in [0.1, 0.15) is 42.1 Å². The number of piperidine rings is 1. The van der Waals surface area contributed by atoms with E-state index in [2.05, 4.69) is 32.8 Å². The lowest BCUT2D eigenvalue weighted by molar-refractivity contribution is 0.0963. The van der Waals surface area contributed by atoms with Gasteiger partial charge in [-0.2, -0.15) is 0 Å². The van der Waals surface area contributed by atoms with Crippen molar-refractivity contribution in [2.24, 2.45) is 4.99 Å². The topological polar surface area (TPSA) is 68.8 Å². The third-order valence-corrected chi connectivity index (χ3v) is 5.01. The van der Waals surface area contributed by atoms with E-state index in [1.807, 2.05) is 24.3 Å². The predicted molar refractivity (Wildman–Crippen MR) is 123 cm³/mol. The van der Waals surface area contributed by atoms with E-state index in [1.165, 1.54) is 25.8 Å². The molecular formula is C20H34IN5O. The first kappa shape index (κ1) is 23.7. The van der Waals surface area contributed by atoms with Crippen molar-refractivity contribution in [2.45, 2.75) is 38.6 Å². The van der Waals surface area contributed by atoms with Crippen molar-refractivity contribution < 1.29 is 4.79 Å². The zero-order valence-electron chi connectivity index (χ0n) is 16.8. The van der Waals surface area contributed by atoms with Crippen LogP contribution < -0.4 is 16.0 Å². The summed E-state index contributed by atoms with van der Waals surface area (Å²) >= 11 is 0. The Hall–Kier alpha value is -1.35. The van der Waals surface area contributed by atoms with E-state index in [4.69, 9.17) is 0 Å². The number of amides is 1. The van der Waals surface area contributed by atoms with Crippen LogP contribution in [0.4, 0.5) is 0 Å². The Morgan fingerprint density at radius 2 is 2.11 bits per heavy atom. The molecule has 1 aromatic rings. The van der Waals surface area contributed by atoms with E-state index in [0.29, 0.717) is 11.6 Å².